The monoisotopic (exact) mass is 315 g/mol. The maximum absolute atomic E-state index is 13.3. The second kappa shape index (κ2) is 6.02. The van der Waals surface area contributed by atoms with E-state index in [2.05, 4.69) is 4.72 Å². The van der Waals surface area contributed by atoms with Gasteiger partial charge in [-0.3, -0.25) is 0 Å². The van der Waals surface area contributed by atoms with Crippen LogP contribution in [0.25, 0.3) is 0 Å². The van der Waals surface area contributed by atoms with E-state index in [4.69, 9.17) is 0 Å². The quantitative estimate of drug-likeness (QED) is 0.897. The molecule has 0 saturated heterocycles. The summed E-state index contributed by atoms with van der Waals surface area (Å²) in [6.45, 7) is 2.94. The number of aliphatic hydroxyl groups excluding tert-OH is 1. The van der Waals surface area contributed by atoms with Crippen LogP contribution < -0.4 is 4.72 Å². The van der Waals surface area contributed by atoms with Crippen molar-refractivity contribution in [2.24, 2.45) is 0 Å². The number of rotatable bonds is 4. The van der Waals surface area contributed by atoms with Gasteiger partial charge in [-0.15, -0.1) is 0 Å². The summed E-state index contributed by atoms with van der Waals surface area (Å²) in [6, 6.07) is 2.43. The number of hydrogen-bond acceptors (Lipinski definition) is 3. The number of halogens is 1. The van der Waals surface area contributed by atoms with Crippen LogP contribution in [0.4, 0.5) is 4.39 Å². The molecule has 0 radical (unpaired) electrons. The molecule has 1 saturated carbocycles. The Hall–Kier alpha value is -0.980. The van der Waals surface area contributed by atoms with Gasteiger partial charge in [-0.25, -0.2) is 17.5 Å². The standard InChI is InChI=1S/C15H22FNO3S/c1-11-8-13(16)9-12(2)14(11)21(19,20)17-15(10-18)6-4-3-5-7-15/h8-9,17-18H,3-7,10H2,1-2H3. The fourth-order valence-corrected chi connectivity index (χ4v) is 5.08. The lowest BCUT2D eigenvalue weighted by atomic mass is 9.83. The van der Waals surface area contributed by atoms with Gasteiger partial charge in [0.1, 0.15) is 5.82 Å². The predicted molar refractivity (Wildman–Crippen MR) is 79.1 cm³/mol. The predicted octanol–water partition coefficient (Wildman–Crippen LogP) is 2.42. The minimum atomic E-state index is -3.79. The summed E-state index contributed by atoms with van der Waals surface area (Å²) >= 11 is 0. The molecule has 1 aromatic rings. The number of aryl methyl sites for hydroxylation is 2. The topological polar surface area (TPSA) is 66.4 Å². The van der Waals surface area contributed by atoms with Crippen LogP contribution in [0, 0.1) is 19.7 Å². The van der Waals surface area contributed by atoms with Gasteiger partial charge in [-0.05, 0) is 49.9 Å². The Kier molecular flexibility index (Phi) is 4.70. The summed E-state index contributed by atoms with van der Waals surface area (Å²) in [5, 5.41) is 9.65. The molecule has 118 valence electrons. The lowest BCUT2D eigenvalue weighted by Crippen LogP contribution is -2.52. The Balaban J connectivity index is 2.38. The van der Waals surface area contributed by atoms with Gasteiger partial charge in [-0.1, -0.05) is 19.3 Å². The van der Waals surface area contributed by atoms with Crippen molar-refractivity contribution in [1.82, 2.24) is 4.72 Å². The molecule has 0 heterocycles. The average Bonchev–Trinajstić information content (AvgIpc) is 2.37. The molecule has 0 bridgehead atoms. The molecule has 4 nitrogen and oxygen atoms in total. The van der Waals surface area contributed by atoms with Crippen LogP contribution in [0.2, 0.25) is 0 Å². The molecule has 1 fully saturated rings. The van der Waals surface area contributed by atoms with Crippen molar-refractivity contribution in [3.63, 3.8) is 0 Å². The third-order valence-corrected chi connectivity index (χ3v) is 6.04. The summed E-state index contributed by atoms with van der Waals surface area (Å²) in [5.41, 5.74) is -0.0301. The minimum absolute atomic E-state index is 0.113. The first kappa shape index (κ1) is 16.4. The van der Waals surface area contributed by atoms with Crippen molar-refractivity contribution >= 4 is 10.0 Å². The Morgan fingerprint density at radius 1 is 1.19 bits per heavy atom. The summed E-state index contributed by atoms with van der Waals surface area (Å²) in [6.07, 6.45) is 4.09. The van der Waals surface area contributed by atoms with E-state index in [0.29, 0.717) is 24.0 Å². The summed E-state index contributed by atoms with van der Waals surface area (Å²) in [5.74, 6) is -0.446. The zero-order valence-corrected chi connectivity index (χ0v) is 13.3. The molecule has 1 aromatic carbocycles. The van der Waals surface area contributed by atoms with Crippen LogP contribution in [0.1, 0.15) is 43.2 Å². The second-order valence-electron chi connectivity index (χ2n) is 5.97. The number of aliphatic hydroxyl groups is 1. The van der Waals surface area contributed by atoms with E-state index in [1.54, 1.807) is 13.8 Å². The third kappa shape index (κ3) is 3.44. The van der Waals surface area contributed by atoms with Crippen molar-refractivity contribution in [2.45, 2.75) is 56.4 Å². The second-order valence-corrected chi connectivity index (χ2v) is 7.59. The number of benzene rings is 1. The molecule has 0 atom stereocenters. The number of sulfonamides is 1. The highest BCUT2D eigenvalue weighted by atomic mass is 32.2. The summed E-state index contributed by atoms with van der Waals surface area (Å²) in [7, 11) is -3.79. The average molecular weight is 315 g/mol. The zero-order valence-electron chi connectivity index (χ0n) is 12.4. The Morgan fingerprint density at radius 3 is 2.19 bits per heavy atom. The Bertz CT molecular complexity index is 599. The van der Waals surface area contributed by atoms with Gasteiger partial charge in [0.05, 0.1) is 17.0 Å². The van der Waals surface area contributed by atoms with Crippen LogP contribution in [0.3, 0.4) is 0 Å². The largest absolute Gasteiger partial charge is 0.394 e. The van der Waals surface area contributed by atoms with Gasteiger partial charge in [0, 0.05) is 0 Å². The maximum Gasteiger partial charge on any atom is 0.241 e. The van der Waals surface area contributed by atoms with Crippen molar-refractivity contribution in [3.8, 4) is 0 Å². The van der Waals surface area contributed by atoms with E-state index in [-0.39, 0.29) is 11.5 Å². The van der Waals surface area contributed by atoms with Gasteiger partial charge < -0.3 is 5.11 Å². The highest BCUT2D eigenvalue weighted by Crippen LogP contribution is 2.31. The zero-order chi connectivity index (χ0) is 15.7. The van der Waals surface area contributed by atoms with E-state index < -0.39 is 21.4 Å². The maximum atomic E-state index is 13.3. The van der Waals surface area contributed by atoms with Crippen molar-refractivity contribution < 1.29 is 17.9 Å². The molecule has 0 unspecified atom stereocenters. The van der Waals surface area contributed by atoms with E-state index in [1.165, 1.54) is 12.1 Å². The molecule has 0 aromatic heterocycles. The van der Waals surface area contributed by atoms with Crippen LogP contribution in [-0.2, 0) is 10.0 Å². The normalized spacial score (nSPS) is 18.7. The first-order chi connectivity index (χ1) is 9.80. The Morgan fingerprint density at radius 2 is 1.71 bits per heavy atom. The molecular formula is C15H22FNO3S. The molecule has 1 aliphatic rings. The van der Waals surface area contributed by atoms with Crippen molar-refractivity contribution in [3.05, 3.63) is 29.1 Å². The smallest absolute Gasteiger partial charge is 0.241 e. The molecule has 2 rings (SSSR count). The van der Waals surface area contributed by atoms with Gasteiger partial charge in [0.15, 0.2) is 0 Å². The fourth-order valence-electron chi connectivity index (χ4n) is 3.18. The summed E-state index contributed by atoms with van der Waals surface area (Å²) < 4.78 is 41.4. The van der Waals surface area contributed by atoms with E-state index in [1.807, 2.05) is 0 Å². The van der Waals surface area contributed by atoms with Gasteiger partial charge in [0.25, 0.3) is 0 Å². The molecule has 0 aliphatic heterocycles. The molecular weight excluding hydrogens is 293 g/mol. The molecule has 1 aliphatic carbocycles. The molecule has 6 heteroatoms. The third-order valence-electron chi connectivity index (χ3n) is 4.16. The van der Waals surface area contributed by atoms with E-state index in [0.717, 1.165) is 19.3 Å². The van der Waals surface area contributed by atoms with Gasteiger partial charge in [-0.2, -0.15) is 0 Å². The first-order valence-electron chi connectivity index (χ1n) is 7.21. The van der Waals surface area contributed by atoms with E-state index >= 15 is 0 Å². The van der Waals surface area contributed by atoms with Crippen LogP contribution in [0.15, 0.2) is 17.0 Å². The number of hydrogen-bond donors (Lipinski definition) is 2. The van der Waals surface area contributed by atoms with Gasteiger partial charge in [0.2, 0.25) is 10.0 Å². The number of nitrogens with one attached hydrogen (secondary N) is 1. The molecule has 0 amide bonds. The van der Waals surface area contributed by atoms with E-state index in [9.17, 15) is 17.9 Å². The van der Waals surface area contributed by atoms with Crippen molar-refractivity contribution in [2.75, 3.05) is 6.61 Å². The lowest BCUT2D eigenvalue weighted by Gasteiger charge is -2.36. The van der Waals surface area contributed by atoms with Crippen LogP contribution >= 0.6 is 0 Å². The molecule has 0 spiro atoms. The fraction of sp³-hybridized carbons (Fsp3) is 0.600. The highest BCUT2D eigenvalue weighted by molar-refractivity contribution is 7.89. The Labute approximate surface area is 125 Å². The van der Waals surface area contributed by atoms with Crippen LogP contribution in [-0.4, -0.2) is 25.7 Å². The summed E-state index contributed by atoms with van der Waals surface area (Å²) in [4.78, 5) is 0.113. The molecule has 2 N–H and O–H groups in total. The SMILES string of the molecule is Cc1cc(F)cc(C)c1S(=O)(=O)NC1(CO)CCCCC1. The highest BCUT2D eigenvalue weighted by Gasteiger charge is 2.36. The van der Waals surface area contributed by atoms with Crippen LogP contribution in [0.5, 0.6) is 0 Å². The lowest BCUT2D eigenvalue weighted by molar-refractivity contribution is 0.142. The van der Waals surface area contributed by atoms with Gasteiger partial charge >= 0.3 is 0 Å². The first-order valence-corrected chi connectivity index (χ1v) is 8.70. The molecule has 21 heavy (non-hydrogen) atoms. The minimum Gasteiger partial charge on any atom is -0.394 e. The van der Waals surface area contributed by atoms with Crippen molar-refractivity contribution in [1.29, 1.82) is 0 Å².